The van der Waals surface area contributed by atoms with E-state index in [0.717, 1.165) is 24.3 Å². The van der Waals surface area contributed by atoms with Crippen LogP contribution in [0, 0.1) is 0 Å². The monoisotopic (exact) mass is 278 g/mol. The van der Waals surface area contributed by atoms with Crippen LogP contribution in [0.3, 0.4) is 0 Å². The van der Waals surface area contributed by atoms with E-state index in [1.807, 2.05) is 29.2 Å². The summed E-state index contributed by atoms with van der Waals surface area (Å²) >= 11 is 0. The van der Waals surface area contributed by atoms with E-state index < -0.39 is 0 Å². The van der Waals surface area contributed by atoms with Gasteiger partial charge in [0.1, 0.15) is 11.9 Å². The number of methoxy groups -OCH3 is 1. The Morgan fingerprint density at radius 1 is 1.30 bits per heavy atom. The maximum Gasteiger partial charge on any atom is 0.238 e. The van der Waals surface area contributed by atoms with Crippen LogP contribution in [0.4, 0.5) is 0 Å². The van der Waals surface area contributed by atoms with Crippen molar-refractivity contribution in [1.82, 2.24) is 10.2 Å². The Kier molecular flexibility index (Phi) is 5.38. The summed E-state index contributed by atoms with van der Waals surface area (Å²) in [4.78, 5) is 13.7. The third kappa shape index (κ3) is 3.49. The van der Waals surface area contributed by atoms with Gasteiger partial charge in [0.15, 0.2) is 0 Å². The van der Waals surface area contributed by atoms with E-state index in [2.05, 4.69) is 12.2 Å². The zero-order valence-corrected chi connectivity index (χ0v) is 12.1. The Hall–Kier alpha value is -1.59. The summed E-state index contributed by atoms with van der Waals surface area (Å²) < 4.78 is 10.6. The van der Waals surface area contributed by atoms with Crippen LogP contribution >= 0.6 is 0 Å². The van der Waals surface area contributed by atoms with E-state index in [-0.39, 0.29) is 12.1 Å². The average molecular weight is 278 g/mol. The first-order valence-electron chi connectivity index (χ1n) is 7.00. The number of nitrogens with zero attached hydrogens (tertiary/aromatic N) is 1. The van der Waals surface area contributed by atoms with E-state index in [1.54, 1.807) is 7.11 Å². The molecule has 1 heterocycles. The van der Waals surface area contributed by atoms with Crippen LogP contribution in [0.5, 0.6) is 5.75 Å². The molecule has 1 N–H and O–H groups in total. The number of rotatable bonds is 7. The van der Waals surface area contributed by atoms with Crippen molar-refractivity contribution in [2.45, 2.75) is 19.5 Å². The molecule has 1 saturated heterocycles. The van der Waals surface area contributed by atoms with Gasteiger partial charge in [0.2, 0.25) is 5.91 Å². The number of carbonyl (C=O) groups is 1. The predicted molar refractivity (Wildman–Crippen MR) is 76.6 cm³/mol. The van der Waals surface area contributed by atoms with Crippen molar-refractivity contribution in [1.29, 1.82) is 0 Å². The van der Waals surface area contributed by atoms with Crippen molar-refractivity contribution < 1.29 is 14.3 Å². The van der Waals surface area contributed by atoms with Crippen molar-refractivity contribution in [2.75, 3.05) is 33.4 Å². The molecular weight excluding hydrogens is 256 g/mol. The fraction of sp³-hybridized carbons (Fsp3) is 0.533. The maximum atomic E-state index is 11.9. The van der Waals surface area contributed by atoms with Crippen LogP contribution in [-0.4, -0.2) is 44.2 Å². The van der Waals surface area contributed by atoms with Gasteiger partial charge in [-0.25, -0.2) is 0 Å². The first-order chi connectivity index (χ1) is 9.76. The largest absolute Gasteiger partial charge is 0.494 e. The second-order valence-electron chi connectivity index (χ2n) is 4.78. The van der Waals surface area contributed by atoms with E-state index in [4.69, 9.17) is 9.47 Å². The molecule has 1 aromatic rings. The molecule has 0 aliphatic carbocycles. The molecule has 2 rings (SSSR count). The van der Waals surface area contributed by atoms with E-state index >= 15 is 0 Å². The number of carbonyl (C=O) groups excluding carboxylic acids is 1. The van der Waals surface area contributed by atoms with Crippen molar-refractivity contribution in [3.05, 3.63) is 29.8 Å². The number of hydrogen-bond acceptors (Lipinski definition) is 4. The molecule has 1 aromatic carbocycles. The standard InChI is InChI=1S/C15H22N2O3/c1-3-9-20-13-6-4-12(5-7-13)15-16-11-14(18)17(15)8-10-19-2/h4-7,15-16H,3,8-11H2,1-2H3. The third-order valence-corrected chi connectivity index (χ3v) is 3.28. The van der Waals surface area contributed by atoms with Crippen LogP contribution in [0.2, 0.25) is 0 Å². The zero-order valence-electron chi connectivity index (χ0n) is 12.1. The van der Waals surface area contributed by atoms with Gasteiger partial charge in [0, 0.05) is 13.7 Å². The van der Waals surface area contributed by atoms with Crippen LogP contribution < -0.4 is 10.1 Å². The molecule has 1 aliphatic rings. The minimum absolute atomic E-state index is 0.0714. The molecule has 1 atom stereocenters. The summed E-state index contributed by atoms with van der Waals surface area (Å²) in [6.07, 6.45) is 0.920. The Bertz CT molecular complexity index is 433. The van der Waals surface area contributed by atoms with Gasteiger partial charge < -0.3 is 14.4 Å². The smallest absolute Gasteiger partial charge is 0.238 e. The average Bonchev–Trinajstić information content (AvgIpc) is 2.84. The summed E-state index contributed by atoms with van der Waals surface area (Å²) in [6.45, 7) is 4.32. The summed E-state index contributed by atoms with van der Waals surface area (Å²) in [5.74, 6) is 0.974. The van der Waals surface area contributed by atoms with Crippen molar-refractivity contribution in [3.8, 4) is 5.75 Å². The van der Waals surface area contributed by atoms with Gasteiger partial charge in [0.05, 0.1) is 19.8 Å². The lowest BCUT2D eigenvalue weighted by atomic mass is 10.1. The quantitative estimate of drug-likeness (QED) is 0.822. The molecule has 0 radical (unpaired) electrons. The lowest BCUT2D eigenvalue weighted by Gasteiger charge is -2.24. The number of ether oxygens (including phenoxy) is 2. The van der Waals surface area contributed by atoms with Gasteiger partial charge in [-0.1, -0.05) is 19.1 Å². The summed E-state index contributed by atoms with van der Waals surface area (Å²) in [5.41, 5.74) is 1.07. The van der Waals surface area contributed by atoms with Gasteiger partial charge >= 0.3 is 0 Å². The molecule has 110 valence electrons. The fourth-order valence-corrected chi connectivity index (χ4v) is 2.25. The fourth-order valence-electron chi connectivity index (χ4n) is 2.25. The Balaban J connectivity index is 2.03. The molecule has 0 bridgehead atoms. The second-order valence-corrected chi connectivity index (χ2v) is 4.78. The molecule has 5 nitrogen and oxygen atoms in total. The summed E-state index contributed by atoms with van der Waals surface area (Å²) in [6, 6.07) is 7.90. The number of nitrogens with one attached hydrogen (secondary N) is 1. The Morgan fingerprint density at radius 3 is 2.70 bits per heavy atom. The topological polar surface area (TPSA) is 50.8 Å². The first-order valence-corrected chi connectivity index (χ1v) is 7.00. The van der Waals surface area contributed by atoms with Crippen LogP contribution in [0.15, 0.2) is 24.3 Å². The highest BCUT2D eigenvalue weighted by Crippen LogP contribution is 2.24. The lowest BCUT2D eigenvalue weighted by Crippen LogP contribution is -2.33. The molecule has 1 unspecified atom stereocenters. The number of amides is 1. The second kappa shape index (κ2) is 7.26. The molecular formula is C15H22N2O3. The van der Waals surface area contributed by atoms with Gasteiger partial charge in [0.25, 0.3) is 0 Å². The summed E-state index contributed by atoms with van der Waals surface area (Å²) in [7, 11) is 1.64. The van der Waals surface area contributed by atoms with Crippen LogP contribution in [0.25, 0.3) is 0 Å². The van der Waals surface area contributed by atoms with Gasteiger partial charge in [-0.2, -0.15) is 0 Å². The molecule has 1 fully saturated rings. The third-order valence-electron chi connectivity index (χ3n) is 3.28. The summed E-state index contributed by atoms with van der Waals surface area (Å²) in [5, 5.41) is 3.22. The highest BCUT2D eigenvalue weighted by atomic mass is 16.5. The van der Waals surface area contributed by atoms with E-state index in [0.29, 0.717) is 19.7 Å². The van der Waals surface area contributed by atoms with Crippen molar-refractivity contribution in [2.24, 2.45) is 0 Å². The normalized spacial score (nSPS) is 18.6. The SMILES string of the molecule is CCCOc1ccc(C2NCC(=O)N2CCOC)cc1. The van der Waals surface area contributed by atoms with Crippen molar-refractivity contribution in [3.63, 3.8) is 0 Å². The van der Waals surface area contributed by atoms with Gasteiger partial charge in [-0.3, -0.25) is 10.1 Å². The molecule has 0 spiro atoms. The minimum Gasteiger partial charge on any atom is -0.494 e. The highest BCUT2D eigenvalue weighted by Gasteiger charge is 2.30. The predicted octanol–water partition coefficient (Wildman–Crippen LogP) is 1.55. The molecule has 0 aromatic heterocycles. The van der Waals surface area contributed by atoms with Crippen LogP contribution in [-0.2, 0) is 9.53 Å². The Labute approximate surface area is 119 Å². The molecule has 0 saturated carbocycles. The van der Waals surface area contributed by atoms with Gasteiger partial charge in [-0.05, 0) is 24.1 Å². The maximum absolute atomic E-state index is 11.9. The highest BCUT2D eigenvalue weighted by molar-refractivity contribution is 5.80. The number of benzene rings is 1. The van der Waals surface area contributed by atoms with E-state index in [9.17, 15) is 4.79 Å². The molecule has 1 aliphatic heterocycles. The molecule has 20 heavy (non-hydrogen) atoms. The lowest BCUT2D eigenvalue weighted by molar-refractivity contribution is -0.128. The first kappa shape index (κ1) is 14.8. The molecule has 5 heteroatoms. The van der Waals surface area contributed by atoms with Crippen LogP contribution in [0.1, 0.15) is 25.1 Å². The number of hydrogen-bond donors (Lipinski definition) is 1. The molecule has 1 amide bonds. The van der Waals surface area contributed by atoms with Gasteiger partial charge in [-0.15, -0.1) is 0 Å². The Morgan fingerprint density at radius 2 is 2.05 bits per heavy atom. The van der Waals surface area contributed by atoms with Crippen molar-refractivity contribution >= 4 is 5.91 Å². The minimum atomic E-state index is -0.0714. The zero-order chi connectivity index (χ0) is 14.4. The van der Waals surface area contributed by atoms with E-state index in [1.165, 1.54) is 0 Å².